The molecule has 0 aromatic rings. The van der Waals surface area contributed by atoms with Gasteiger partial charge in [-0.25, -0.2) is 8.78 Å². The van der Waals surface area contributed by atoms with Gasteiger partial charge in [0.05, 0.1) is 6.61 Å². The van der Waals surface area contributed by atoms with Gasteiger partial charge in [-0.05, 0) is 19.4 Å². The number of nitrogens with two attached hydrogens (primary N) is 1. The highest BCUT2D eigenvalue weighted by Crippen LogP contribution is 1.97. The molecule has 0 bridgehead atoms. The molecule has 1 atom stereocenters. The van der Waals surface area contributed by atoms with Crippen molar-refractivity contribution < 1.29 is 18.3 Å². The second-order valence-corrected chi connectivity index (χ2v) is 3.47. The summed E-state index contributed by atoms with van der Waals surface area (Å²) in [5, 5.41) is 2.77. The molecule has 0 aromatic carbocycles. The Kier molecular flexibility index (Phi) is 9.03. The molecule has 0 aliphatic heterocycles. The van der Waals surface area contributed by atoms with E-state index >= 15 is 0 Å². The summed E-state index contributed by atoms with van der Waals surface area (Å²) >= 11 is 0. The van der Waals surface area contributed by atoms with Gasteiger partial charge in [0.15, 0.2) is 0 Å². The zero-order chi connectivity index (χ0) is 12.4. The van der Waals surface area contributed by atoms with Crippen LogP contribution in [-0.2, 0) is 9.53 Å². The van der Waals surface area contributed by atoms with E-state index in [4.69, 9.17) is 5.73 Å². The topological polar surface area (TPSA) is 64.3 Å². The fourth-order valence-electron chi connectivity index (χ4n) is 1.22. The number of amides is 1. The van der Waals surface area contributed by atoms with Crippen LogP contribution in [0.5, 0.6) is 0 Å². The molecule has 16 heavy (non-hydrogen) atoms. The molecule has 6 heteroatoms. The van der Waals surface area contributed by atoms with Gasteiger partial charge in [0.1, 0.15) is 6.61 Å². The van der Waals surface area contributed by atoms with E-state index in [1.54, 1.807) is 0 Å². The third-order valence-corrected chi connectivity index (χ3v) is 2.09. The summed E-state index contributed by atoms with van der Waals surface area (Å²) in [6.07, 6.45) is -0.849. The lowest BCUT2D eigenvalue weighted by Crippen LogP contribution is -2.36. The zero-order valence-electron chi connectivity index (χ0n) is 9.55. The first-order chi connectivity index (χ1) is 7.60. The molecule has 1 unspecified atom stereocenters. The third kappa shape index (κ3) is 8.55. The van der Waals surface area contributed by atoms with Gasteiger partial charge in [0.25, 0.3) is 6.43 Å². The molecule has 0 radical (unpaired) electrons. The minimum absolute atomic E-state index is 0.0230. The van der Waals surface area contributed by atoms with Crippen molar-refractivity contribution in [2.75, 3.05) is 19.8 Å². The molecule has 0 aromatic heterocycles. The number of halogens is 2. The van der Waals surface area contributed by atoms with Gasteiger partial charge < -0.3 is 15.8 Å². The molecule has 0 aliphatic carbocycles. The summed E-state index contributed by atoms with van der Waals surface area (Å²) in [6, 6.07) is 0.0626. The van der Waals surface area contributed by atoms with Crippen molar-refractivity contribution in [1.82, 2.24) is 5.32 Å². The van der Waals surface area contributed by atoms with E-state index in [0.717, 1.165) is 12.8 Å². The van der Waals surface area contributed by atoms with Crippen molar-refractivity contribution in [2.45, 2.75) is 38.7 Å². The highest BCUT2D eigenvalue weighted by atomic mass is 19.3. The maximum absolute atomic E-state index is 11.7. The van der Waals surface area contributed by atoms with Crippen molar-refractivity contribution in [3.05, 3.63) is 0 Å². The van der Waals surface area contributed by atoms with Crippen molar-refractivity contribution in [2.24, 2.45) is 5.73 Å². The number of rotatable bonds is 9. The third-order valence-electron chi connectivity index (χ3n) is 2.09. The predicted octanol–water partition coefficient (Wildman–Crippen LogP) is 0.902. The van der Waals surface area contributed by atoms with Crippen LogP contribution in [0.4, 0.5) is 8.78 Å². The van der Waals surface area contributed by atoms with Crippen molar-refractivity contribution in [1.29, 1.82) is 0 Å². The largest absolute Gasteiger partial charge is 0.375 e. The van der Waals surface area contributed by atoms with E-state index in [0.29, 0.717) is 6.54 Å². The summed E-state index contributed by atoms with van der Waals surface area (Å²) in [4.78, 5) is 11.3. The first kappa shape index (κ1) is 15.2. The maximum atomic E-state index is 11.7. The summed E-state index contributed by atoms with van der Waals surface area (Å²) in [5.41, 5.74) is 5.38. The monoisotopic (exact) mass is 238 g/mol. The fourth-order valence-corrected chi connectivity index (χ4v) is 1.22. The summed E-state index contributed by atoms with van der Waals surface area (Å²) in [6.45, 7) is 1.87. The van der Waals surface area contributed by atoms with Crippen LogP contribution in [0, 0.1) is 0 Å². The summed E-state index contributed by atoms with van der Waals surface area (Å²) in [5.74, 6) is -0.186. The molecular weight excluding hydrogens is 218 g/mol. The first-order valence-electron chi connectivity index (χ1n) is 5.45. The number of hydrogen-bond acceptors (Lipinski definition) is 3. The SMILES string of the molecule is CCC(CCN)NC(=O)CCOCC(F)F. The van der Waals surface area contributed by atoms with E-state index in [2.05, 4.69) is 10.1 Å². The fraction of sp³-hybridized carbons (Fsp3) is 0.900. The van der Waals surface area contributed by atoms with E-state index in [-0.39, 0.29) is 25.0 Å². The van der Waals surface area contributed by atoms with Crippen LogP contribution in [0.15, 0.2) is 0 Å². The number of hydrogen-bond donors (Lipinski definition) is 2. The lowest BCUT2D eigenvalue weighted by molar-refractivity contribution is -0.123. The second kappa shape index (κ2) is 9.47. The quantitative estimate of drug-likeness (QED) is 0.587. The number of carbonyl (C=O) groups excluding carboxylic acids is 1. The van der Waals surface area contributed by atoms with Gasteiger partial charge in [-0.3, -0.25) is 4.79 Å². The van der Waals surface area contributed by atoms with E-state index in [1.807, 2.05) is 6.92 Å². The highest BCUT2D eigenvalue weighted by Gasteiger charge is 2.09. The predicted molar refractivity (Wildman–Crippen MR) is 57.3 cm³/mol. The summed E-state index contributed by atoms with van der Waals surface area (Å²) in [7, 11) is 0. The Morgan fingerprint density at radius 3 is 2.69 bits per heavy atom. The minimum atomic E-state index is -2.48. The molecular formula is C10H20F2N2O2. The number of nitrogens with one attached hydrogen (secondary N) is 1. The van der Waals surface area contributed by atoms with Gasteiger partial charge in [0, 0.05) is 12.5 Å². The standard InChI is InChI=1S/C10H20F2N2O2/c1-2-8(3-5-13)14-10(15)4-6-16-7-9(11)12/h8-9H,2-7,13H2,1H3,(H,14,15). The molecule has 0 rings (SSSR count). The van der Waals surface area contributed by atoms with Crippen LogP contribution in [0.3, 0.4) is 0 Å². The van der Waals surface area contributed by atoms with Crippen LogP contribution in [0.1, 0.15) is 26.2 Å². The first-order valence-corrected chi connectivity index (χ1v) is 5.45. The smallest absolute Gasteiger partial charge is 0.261 e. The van der Waals surface area contributed by atoms with E-state index in [9.17, 15) is 13.6 Å². The van der Waals surface area contributed by atoms with Gasteiger partial charge in [-0.1, -0.05) is 6.92 Å². The Bertz CT molecular complexity index is 192. The van der Waals surface area contributed by atoms with Crippen LogP contribution < -0.4 is 11.1 Å². The molecule has 0 aliphatic rings. The Balaban J connectivity index is 3.56. The van der Waals surface area contributed by atoms with Crippen molar-refractivity contribution in [3.8, 4) is 0 Å². The normalized spacial score (nSPS) is 12.8. The zero-order valence-corrected chi connectivity index (χ0v) is 9.55. The van der Waals surface area contributed by atoms with Gasteiger partial charge >= 0.3 is 0 Å². The van der Waals surface area contributed by atoms with Crippen molar-refractivity contribution >= 4 is 5.91 Å². The number of alkyl halides is 2. The average molecular weight is 238 g/mol. The van der Waals surface area contributed by atoms with Crippen LogP contribution >= 0.6 is 0 Å². The average Bonchev–Trinajstić information content (AvgIpc) is 2.23. The molecule has 1 amide bonds. The second-order valence-electron chi connectivity index (χ2n) is 3.47. The Labute approximate surface area is 94.5 Å². The number of carbonyl (C=O) groups is 1. The minimum Gasteiger partial charge on any atom is -0.375 e. The van der Waals surface area contributed by atoms with E-state index < -0.39 is 13.0 Å². The molecule has 4 nitrogen and oxygen atoms in total. The lowest BCUT2D eigenvalue weighted by atomic mass is 10.1. The van der Waals surface area contributed by atoms with E-state index in [1.165, 1.54) is 0 Å². The van der Waals surface area contributed by atoms with Gasteiger partial charge in [0.2, 0.25) is 5.91 Å². The van der Waals surface area contributed by atoms with Crippen LogP contribution in [0.2, 0.25) is 0 Å². The highest BCUT2D eigenvalue weighted by molar-refractivity contribution is 5.76. The molecule has 0 fully saturated rings. The lowest BCUT2D eigenvalue weighted by Gasteiger charge is -2.15. The molecule has 96 valence electrons. The molecule has 0 saturated heterocycles. The van der Waals surface area contributed by atoms with Crippen molar-refractivity contribution in [3.63, 3.8) is 0 Å². The Morgan fingerprint density at radius 1 is 1.50 bits per heavy atom. The Morgan fingerprint density at radius 2 is 2.19 bits per heavy atom. The molecule has 0 spiro atoms. The van der Waals surface area contributed by atoms with Crippen LogP contribution in [0.25, 0.3) is 0 Å². The Hall–Kier alpha value is -0.750. The van der Waals surface area contributed by atoms with Gasteiger partial charge in [-0.15, -0.1) is 0 Å². The number of ether oxygens (including phenoxy) is 1. The molecule has 3 N–H and O–H groups in total. The molecule has 0 heterocycles. The van der Waals surface area contributed by atoms with Crippen LogP contribution in [-0.4, -0.2) is 38.1 Å². The van der Waals surface area contributed by atoms with Gasteiger partial charge in [-0.2, -0.15) is 0 Å². The summed E-state index contributed by atoms with van der Waals surface area (Å²) < 4.78 is 28.0. The molecule has 0 saturated carbocycles. The maximum Gasteiger partial charge on any atom is 0.261 e.